The van der Waals surface area contributed by atoms with E-state index in [2.05, 4.69) is 9.89 Å². The molecule has 2 aliphatic rings. The number of nitrogens with zero attached hydrogens (tertiary/aromatic N) is 2. The van der Waals surface area contributed by atoms with Gasteiger partial charge in [0.1, 0.15) is 11.2 Å². The first-order valence-corrected chi connectivity index (χ1v) is 7.42. The standard InChI is InChI=1S/C13H21ClF2N4O/c14-12(10(18)8-17)19-11-7-9(1-2-13(11,15)16)20-3-5-21-6-4-20/h8-9,11H,1-7,17-18H2. The van der Waals surface area contributed by atoms with Crippen LogP contribution >= 0.6 is 11.6 Å². The van der Waals surface area contributed by atoms with Gasteiger partial charge < -0.3 is 16.2 Å². The van der Waals surface area contributed by atoms with Gasteiger partial charge in [0, 0.05) is 31.8 Å². The SMILES string of the molecule is NC=C(N)C(Cl)=NC1CC(N2CCOCC2)CCC1(F)F. The lowest BCUT2D eigenvalue weighted by molar-refractivity contribution is -0.0795. The molecule has 4 N–H and O–H groups in total. The number of nitrogens with two attached hydrogens (primary N) is 2. The van der Waals surface area contributed by atoms with Crippen molar-refractivity contribution < 1.29 is 13.5 Å². The molecule has 1 aliphatic carbocycles. The lowest BCUT2D eigenvalue weighted by Crippen LogP contribution is -2.50. The minimum absolute atomic E-state index is 0.0148. The van der Waals surface area contributed by atoms with E-state index in [1.165, 1.54) is 0 Å². The number of allylic oxidation sites excluding steroid dienone is 1. The van der Waals surface area contributed by atoms with Gasteiger partial charge in [0.15, 0.2) is 0 Å². The van der Waals surface area contributed by atoms with Gasteiger partial charge in [0.25, 0.3) is 5.92 Å². The van der Waals surface area contributed by atoms with E-state index in [9.17, 15) is 8.78 Å². The molecule has 1 heterocycles. The molecule has 2 unspecified atom stereocenters. The van der Waals surface area contributed by atoms with E-state index in [0.717, 1.165) is 19.3 Å². The first kappa shape index (κ1) is 16.5. The molecule has 0 aromatic heterocycles. The molecule has 5 nitrogen and oxygen atoms in total. The molecule has 0 bridgehead atoms. The molecule has 0 aromatic rings. The first-order valence-electron chi connectivity index (χ1n) is 7.04. The maximum Gasteiger partial charge on any atom is 0.270 e. The van der Waals surface area contributed by atoms with Crippen LogP contribution in [0.2, 0.25) is 0 Å². The summed E-state index contributed by atoms with van der Waals surface area (Å²) in [4.78, 5) is 6.10. The summed E-state index contributed by atoms with van der Waals surface area (Å²) in [5.41, 5.74) is 10.7. The second-order valence-electron chi connectivity index (χ2n) is 5.40. The van der Waals surface area contributed by atoms with Crippen molar-refractivity contribution >= 4 is 16.8 Å². The van der Waals surface area contributed by atoms with Crippen molar-refractivity contribution in [3.8, 4) is 0 Å². The van der Waals surface area contributed by atoms with E-state index in [1.54, 1.807) is 0 Å². The van der Waals surface area contributed by atoms with E-state index >= 15 is 0 Å². The lowest BCUT2D eigenvalue weighted by atomic mass is 9.87. The highest BCUT2D eigenvalue weighted by Gasteiger charge is 2.46. The normalized spacial score (nSPS) is 32.1. The summed E-state index contributed by atoms with van der Waals surface area (Å²) in [6.07, 6.45) is 1.59. The number of aliphatic imine (C=N–C) groups is 1. The van der Waals surface area contributed by atoms with Gasteiger partial charge in [-0.3, -0.25) is 9.89 Å². The van der Waals surface area contributed by atoms with E-state index in [-0.39, 0.29) is 29.8 Å². The smallest absolute Gasteiger partial charge is 0.270 e. The Bertz CT molecular complexity index is 424. The Balaban J connectivity index is 2.09. The van der Waals surface area contributed by atoms with E-state index < -0.39 is 12.0 Å². The molecule has 1 saturated heterocycles. The maximum absolute atomic E-state index is 14.0. The fourth-order valence-corrected chi connectivity index (χ4v) is 2.96. The highest BCUT2D eigenvalue weighted by Crippen LogP contribution is 2.38. The van der Waals surface area contributed by atoms with Crippen LogP contribution in [0.25, 0.3) is 0 Å². The molecule has 0 radical (unpaired) electrons. The Morgan fingerprint density at radius 1 is 1.38 bits per heavy atom. The quantitative estimate of drug-likeness (QED) is 0.767. The van der Waals surface area contributed by atoms with Gasteiger partial charge in [-0.1, -0.05) is 11.6 Å². The van der Waals surface area contributed by atoms with Crippen LogP contribution in [0.1, 0.15) is 19.3 Å². The number of rotatable bonds is 3. The van der Waals surface area contributed by atoms with Gasteiger partial charge >= 0.3 is 0 Å². The van der Waals surface area contributed by atoms with Gasteiger partial charge in [0.05, 0.1) is 18.9 Å². The molecule has 1 aliphatic heterocycles. The number of halogens is 3. The highest BCUT2D eigenvalue weighted by molar-refractivity contribution is 6.69. The van der Waals surface area contributed by atoms with Crippen LogP contribution in [0, 0.1) is 0 Å². The average Bonchev–Trinajstić information content (AvgIpc) is 2.49. The second kappa shape index (κ2) is 6.89. The third kappa shape index (κ3) is 4.05. The molecule has 2 fully saturated rings. The minimum Gasteiger partial charge on any atom is -0.403 e. The van der Waals surface area contributed by atoms with Crippen molar-refractivity contribution in [3.05, 3.63) is 11.9 Å². The lowest BCUT2D eigenvalue weighted by Gasteiger charge is -2.41. The summed E-state index contributed by atoms with van der Waals surface area (Å²) in [5, 5.41) is -0.148. The number of ether oxygens (including phenoxy) is 1. The van der Waals surface area contributed by atoms with Crippen LogP contribution in [-0.2, 0) is 4.74 Å². The van der Waals surface area contributed by atoms with Crippen molar-refractivity contribution in [2.45, 2.75) is 37.3 Å². The van der Waals surface area contributed by atoms with Crippen molar-refractivity contribution in [1.82, 2.24) is 4.90 Å². The monoisotopic (exact) mass is 322 g/mol. The van der Waals surface area contributed by atoms with Crippen molar-refractivity contribution in [1.29, 1.82) is 0 Å². The second-order valence-corrected chi connectivity index (χ2v) is 5.75. The summed E-state index contributed by atoms with van der Waals surface area (Å²) < 4.78 is 33.4. The molecule has 120 valence electrons. The van der Waals surface area contributed by atoms with Crippen LogP contribution < -0.4 is 11.5 Å². The largest absolute Gasteiger partial charge is 0.403 e. The molecule has 21 heavy (non-hydrogen) atoms. The number of hydrogen-bond acceptors (Lipinski definition) is 5. The first-order chi connectivity index (χ1) is 9.94. The van der Waals surface area contributed by atoms with Gasteiger partial charge in [-0.05, 0) is 12.8 Å². The third-order valence-electron chi connectivity index (χ3n) is 4.04. The summed E-state index contributed by atoms with van der Waals surface area (Å²) in [5.74, 6) is -2.86. The zero-order chi connectivity index (χ0) is 15.5. The summed E-state index contributed by atoms with van der Waals surface area (Å²) in [6.45, 7) is 2.82. The van der Waals surface area contributed by atoms with E-state index in [4.69, 9.17) is 27.8 Å². The maximum atomic E-state index is 14.0. The summed E-state index contributed by atoms with van der Waals surface area (Å²) in [7, 11) is 0. The van der Waals surface area contributed by atoms with Crippen molar-refractivity contribution in [3.63, 3.8) is 0 Å². The van der Waals surface area contributed by atoms with E-state index in [1.807, 2.05) is 0 Å². The van der Waals surface area contributed by atoms with Crippen molar-refractivity contribution in [2.24, 2.45) is 16.5 Å². The van der Waals surface area contributed by atoms with E-state index in [0.29, 0.717) is 19.6 Å². The molecular weight excluding hydrogens is 302 g/mol. The highest BCUT2D eigenvalue weighted by atomic mass is 35.5. The van der Waals surface area contributed by atoms with Crippen LogP contribution in [0.15, 0.2) is 16.9 Å². The molecule has 0 spiro atoms. The Morgan fingerprint density at radius 3 is 2.67 bits per heavy atom. The molecule has 0 aromatic carbocycles. The summed E-state index contributed by atoms with van der Waals surface area (Å²) >= 11 is 5.84. The zero-order valence-electron chi connectivity index (χ0n) is 11.8. The molecule has 2 rings (SSSR count). The molecular formula is C13H21ClF2N4O. The minimum atomic E-state index is -2.86. The predicted molar refractivity (Wildman–Crippen MR) is 78.5 cm³/mol. The Morgan fingerprint density at radius 2 is 2.05 bits per heavy atom. The Hall–Kier alpha value is -0.920. The van der Waals surface area contributed by atoms with Gasteiger partial charge in [-0.2, -0.15) is 0 Å². The predicted octanol–water partition coefficient (Wildman–Crippen LogP) is 1.27. The Labute approximate surface area is 128 Å². The Kier molecular flexibility index (Phi) is 5.40. The fourth-order valence-electron chi connectivity index (χ4n) is 2.78. The van der Waals surface area contributed by atoms with Crippen LogP contribution in [-0.4, -0.2) is 54.4 Å². The molecule has 8 heteroatoms. The molecule has 2 atom stereocenters. The number of alkyl halides is 2. The summed E-state index contributed by atoms with van der Waals surface area (Å²) in [6, 6.07) is -1.08. The molecule has 0 amide bonds. The molecule has 1 saturated carbocycles. The van der Waals surface area contributed by atoms with Crippen molar-refractivity contribution in [2.75, 3.05) is 26.3 Å². The van der Waals surface area contributed by atoms with Gasteiger partial charge in [-0.25, -0.2) is 8.78 Å². The average molecular weight is 323 g/mol. The van der Waals surface area contributed by atoms with Crippen LogP contribution in [0.4, 0.5) is 8.78 Å². The van der Waals surface area contributed by atoms with Gasteiger partial charge in [0.2, 0.25) is 0 Å². The third-order valence-corrected chi connectivity index (χ3v) is 4.36. The number of hydrogen-bond donors (Lipinski definition) is 2. The van der Waals surface area contributed by atoms with Crippen LogP contribution in [0.3, 0.4) is 0 Å². The topological polar surface area (TPSA) is 76.9 Å². The van der Waals surface area contributed by atoms with Gasteiger partial charge in [-0.15, -0.1) is 0 Å². The van der Waals surface area contributed by atoms with Crippen LogP contribution in [0.5, 0.6) is 0 Å². The zero-order valence-corrected chi connectivity index (χ0v) is 12.5. The number of morpholine rings is 1. The fraction of sp³-hybridized carbons (Fsp3) is 0.769.